The predicted octanol–water partition coefficient (Wildman–Crippen LogP) is 5.31. The van der Waals surface area contributed by atoms with Crippen LogP contribution in [0.3, 0.4) is 0 Å². The molecule has 0 spiro atoms. The lowest BCUT2D eigenvalue weighted by Gasteiger charge is -2.18. The summed E-state index contributed by atoms with van der Waals surface area (Å²) in [6.45, 7) is 5.91. The second kappa shape index (κ2) is 9.80. The van der Waals surface area contributed by atoms with E-state index in [0.29, 0.717) is 12.5 Å². The Balaban J connectivity index is 2.67. The van der Waals surface area contributed by atoms with Gasteiger partial charge in [-0.1, -0.05) is 33.1 Å². The van der Waals surface area contributed by atoms with Crippen molar-refractivity contribution in [3.8, 4) is 5.75 Å². The molecule has 0 fully saturated rings. The molecule has 0 radical (unpaired) electrons. The molecule has 1 rings (SSSR count). The highest BCUT2D eigenvalue weighted by molar-refractivity contribution is 9.11. The number of hydrogen-bond donors (Lipinski definition) is 1. The standard InChI is InChI=1S/C16H25Br2NO/c1-3-5-6-12(4-2)11-20-16-14(17)9-13(7-8-19)10-15(16)18/h9-10,12H,3-8,11,19H2,1-2H3. The molecule has 2 N–H and O–H groups in total. The molecule has 0 aliphatic carbocycles. The van der Waals surface area contributed by atoms with Crippen LogP contribution in [0, 0.1) is 5.92 Å². The van der Waals surface area contributed by atoms with E-state index in [0.717, 1.165) is 27.7 Å². The first-order valence-corrected chi connectivity index (χ1v) is 9.01. The largest absolute Gasteiger partial charge is 0.491 e. The van der Waals surface area contributed by atoms with Crippen LogP contribution in [-0.4, -0.2) is 13.2 Å². The minimum Gasteiger partial charge on any atom is -0.491 e. The van der Waals surface area contributed by atoms with E-state index < -0.39 is 0 Å². The van der Waals surface area contributed by atoms with E-state index in [-0.39, 0.29) is 0 Å². The lowest BCUT2D eigenvalue weighted by Crippen LogP contribution is -2.12. The van der Waals surface area contributed by atoms with Gasteiger partial charge in [0.1, 0.15) is 5.75 Å². The Kier molecular flexibility index (Phi) is 8.82. The van der Waals surface area contributed by atoms with Crippen molar-refractivity contribution in [2.45, 2.75) is 46.0 Å². The molecule has 20 heavy (non-hydrogen) atoms. The zero-order valence-corrected chi connectivity index (χ0v) is 15.6. The number of unbranched alkanes of at least 4 members (excludes halogenated alkanes) is 1. The third-order valence-electron chi connectivity index (χ3n) is 3.50. The molecular weight excluding hydrogens is 382 g/mol. The Morgan fingerprint density at radius 3 is 2.35 bits per heavy atom. The molecule has 1 unspecified atom stereocenters. The molecule has 0 aromatic heterocycles. The van der Waals surface area contributed by atoms with E-state index in [9.17, 15) is 0 Å². The number of nitrogens with two attached hydrogens (primary N) is 1. The third-order valence-corrected chi connectivity index (χ3v) is 4.68. The summed E-state index contributed by atoms with van der Waals surface area (Å²) in [7, 11) is 0. The lowest BCUT2D eigenvalue weighted by molar-refractivity contribution is 0.231. The number of halogens is 2. The molecule has 114 valence electrons. The van der Waals surface area contributed by atoms with Crippen LogP contribution in [-0.2, 0) is 6.42 Å². The van der Waals surface area contributed by atoms with Gasteiger partial charge in [0.05, 0.1) is 15.6 Å². The van der Waals surface area contributed by atoms with Crippen LogP contribution < -0.4 is 10.5 Å². The molecule has 0 amide bonds. The second-order valence-corrected chi connectivity index (χ2v) is 6.86. The van der Waals surface area contributed by atoms with Gasteiger partial charge in [-0.25, -0.2) is 0 Å². The Morgan fingerprint density at radius 2 is 1.85 bits per heavy atom. The Labute approximate surface area is 139 Å². The monoisotopic (exact) mass is 405 g/mol. The van der Waals surface area contributed by atoms with E-state index in [1.807, 2.05) is 0 Å². The SMILES string of the molecule is CCCCC(CC)COc1c(Br)cc(CCN)cc1Br. The first kappa shape index (κ1) is 18.0. The quantitative estimate of drug-likeness (QED) is 0.603. The number of hydrogen-bond acceptors (Lipinski definition) is 2. The molecule has 0 saturated heterocycles. The molecule has 1 atom stereocenters. The van der Waals surface area contributed by atoms with Gasteiger partial charge in [0, 0.05) is 0 Å². The van der Waals surface area contributed by atoms with Crippen LogP contribution in [0.2, 0.25) is 0 Å². The number of benzene rings is 1. The van der Waals surface area contributed by atoms with E-state index in [4.69, 9.17) is 10.5 Å². The van der Waals surface area contributed by atoms with E-state index in [1.54, 1.807) is 0 Å². The van der Waals surface area contributed by atoms with E-state index in [1.165, 1.54) is 31.2 Å². The van der Waals surface area contributed by atoms with Gasteiger partial charge in [-0.2, -0.15) is 0 Å². The summed E-state index contributed by atoms with van der Waals surface area (Å²) >= 11 is 7.19. The fourth-order valence-corrected chi connectivity index (χ4v) is 3.67. The first-order chi connectivity index (χ1) is 9.62. The zero-order valence-electron chi connectivity index (χ0n) is 12.4. The van der Waals surface area contributed by atoms with Crippen molar-refractivity contribution < 1.29 is 4.74 Å². The van der Waals surface area contributed by atoms with E-state index in [2.05, 4.69) is 57.8 Å². The van der Waals surface area contributed by atoms with Crippen molar-refractivity contribution in [3.05, 3.63) is 26.6 Å². The van der Waals surface area contributed by atoms with Crippen molar-refractivity contribution in [3.63, 3.8) is 0 Å². The molecule has 2 nitrogen and oxygen atoms in total. The fourth-order valence-electron chi connectivity index (χ4n) is 2.16. The second-order valence-electron chi connectivity index (χ2n) is 5.15. The van der Waals surface area contributed by atoms with Gasteiger partial charge < -0.3 is 10.5 Å². The number of rotatable bonds is 9. The molecule has 1 aromatic carbocycles. The summed E-state index contributed by atoms with van der Waals surface area (Å²) in [6.07, 6.45) is 5.82. The highest BCUT2D eigenvalue weighted by atomic mass is 79.9. The van der Waals surface area contributed by atoms with Crippen LogP contribution in [0.15, 0.2) is 21.1 Å². The van der Waals surface area contributed by atoms with Gasteiger partial charge >= 0.3 is 0 Å². The number of ether oxygens (including phenoxy) is 1. The highest BCUT2D eigenvalue weighted by Gasteiger charge is 2.12. The third kappa shape index (κ3) is 5.74. The molecule has 1 aromatic rings. The summed E-state index contributed by atoms with van der Waals surface area (Å²) < 4.78 is 8.03. The van der Waals surface area contributed by atoms with Gasteiger partial charge in [-0.15, -0.1) is 0 Å². The predicted molar refractivity (Wildman–Crippen MR) is 93.4 cm³/mol. The van der Waals surface area contributed by atoms with Crippen molar-refractivity contribution in [1.29, 1.82) is 0 Å². The molecule has 0 heterocycles. The normalized spacial score (nSPS) is 12.4. The Hall–Kier alpha value is -0.0600. The zero-order chi connectivity index (χ0) is 15.0. The van der Waals surface area contributed by atoms with Crippen LogP contribution in [0.5, 0.6) is 5.75 Å². The molecule has 4 heteroatoms. The summed E-state index contributed by atoms with van der Waals surface area (Å²) in [5, 5.41) is 0. The maximum absolute atomic E-state index is 6.03. The molecule has 0 aliphatic heterocycles. The lowest BCUT2D eigenvalue weighted by atomic mass is 10.0. The summed E-state index contributed by atoms with van der Waals surface area (Å²) in [6, 6.07) is 4.19. The van der Waals surface area contributed by atoms with Crippen molar-refractivity contribution in [1.82, 2.24) is 0 Å². The smallest absolute Gasteiger partial charge is 0.147 e. The summed E-state index contributed by atoms with van der Waals surface area (Å²) in [5.41, 5.74) is 6.82. The van der Waals surface area contributed by atoms with E-state index >= 15 is 0 Å². The minimum absolute atomic E-state index is 0.637. The van der Waals surface area contributed by atoms with Crippen molar-refractivity contribution in [2.75, 3.05) is 13.2 Å². The van der Waals surface area contributed by atoms with Crippen molar-refractivity contribution >= 4 is 31.9 Å². The summed E-state index contributed by atoms with van der Waals surface area (Å²) in [5.74, 6) is 1.54. The van der Waals surface area contributed by atoms with Gasteiger partial charge in [0.15, 0.2) is 0 Å². The van der Waals surface area contributed by atoms with Crippen molar-refractivity contribution in [2.24, 2.45) is 11.7 Å². The fraction of sp³-hybridized carbons (Fsp3) is 0.625. The minimum atomic E-state index is 0.637. The average molecular weight is 407 g/mol. The highest BCUT2D eigenvalue weighted by Crippen LogP contribution is 2.35. The van der Waals surface area contributed by atoms with Gasteiger partial charge in [0.25, 0.3) is 0 Å². The summed E-state index contributed by atoms with van der Waals surface area (Å²) in [4.78, 5) is 0. The van der Waals surface area contributed by atoms with Crippen LogP contribution in [0.1, 0.15) is 45.1 Å². The Morgan fingerprint density at radius 1 is 1.20 bits per heavy atom. The van der Waals surface area contributed by atoms with Crippen LogP contribution in [0.4, 0.5) is 0 Å². The molecule has 0 saturated carbocycles. The van der Waals surface area contributed by atoms with Gasteiger partial charge in [0.2, 0.25) is 0 Å². The van der Waals surface area contributed by atoms with Gasteiger partial charge in [-0.3, -0.25) is 0 Å². The first-order valence-electron chi connectivity index (χ1n) is 7.43. The van der Waals surface area contributed by atoms with Gasteiger partial charge in [-0.05, 0) is 74.9 Å². The Bertz CT molecular complexity index is 386. The van der Waals surface area contributed by atoms with Crippen LogP contribution in [0.25, 0.3) is 0 Å². The average Bonchev–Trinajstić information content (AvgIpc) is 2.41. The maximum Gasteiger partial charge on any atom is 0.147 e. The topological polar surface area (TPSA) is 35.2 Å². The maximum atomic E-state index is 6.03. The molecule has 0 bridgehead atoms. The molecular formula is C16H25Br2NO. The molecule has 0 aliphatic rings. The van der Waals surface area contributed by atoms with Crippen LogP contribution >= 0.6 is 31.9 Å².